The van der Waals surface area contributed by atoms with E-state index in [2.05, 4.69) is 5.32 Å². The van der Waals surface area contributed by atoms with Crippen LogP contribution in [0.5, 0.6) is 0 Å². The van der Waals surface area contributed by atoms with Crippen LogP contribution in [0, 0.1) is 5.92 Å². The minimum absolute atomic E-state index is 0.00467. The fourth-order valence-corrected chi connectivity index (χ4v) is 2.33. The maximum Gasteiger partial charge on any atom is 0.401 e. The number of esters is 1. The first-order valence-corrected chi connectivity index (χ1v) is 6.67. The molecule has 3 nitrogen and oxygen atoms in total. The smallest absolute Gasteiger partial charge is 0.401 e. The second-order valence-electron chi connectivity index (χ2n) is 5.33. The Hall–Kier alpha value is -1.56. The maximum atomic E-state index is 12.6. The first kappa shape index (κ1) is 17.5. The molecule has 0 fully saturated rings. The van der Waals surface area contributed by atoms with Gasteiger partial charge in [-0.05, 0) is 17.9 Å². The normalized spacial score (nSPS) is 14.8. The molecule has 1 aromatic carbocycles. The molecule has 0 aliphatic heterocycles. The number of methoxy groups -OCH3 is 1. The van der Waals surface area contributed by atoms with Gasteiger partial charge < -0.3 is 4.74 Å². The van der Waals surface area contributed by atoms with Crippen LogP contribution in [0.4, 0.5) is 13.2 Å². The van der Waals surface area contributed by atoms with Crippen LogP contribution in [0.2, 0.25) is 0 Å². The summed E-state index contributed by atoms with van der Waals surface area (Å²) in [6, 6.07) is 8.36. The minimum atomic E-state index is -4.41. The summed E-state index contributed by atoms with van der Waals surface area (Å²) in [4.78, 5) is 12.2. The highest BCUT2D eigenvalue weighted by molar-refractivity contribution is 5.82. The monoisotopic (exact) mass is 303 g/mol. The molecule has 0 amide bonds. The van der Waals surface area contributed by atoms with Crippen molar-refractivity contribution in [2.24, 2.45) is 5.92 Å². The zero-order valence-electron chi connectivity index (χ0n) is 12.3. The standard InChI is InChI=1S/C15H20F3NO2/c1-11(2)9-14(13(20)21-3,19-10-15(16,17)18)12-7-5-4-6-8-12/h4-8,11,19H,9-10H2,1-3H3. The number of hydrogen-bond donors (Lipinski definition) is 1. The molecule has 21 heavy (non-hydrogen) atoms. The number of halogens is 3. The third-order valence-corrected chi connectivity index (χ3v) is 3.11. The second-order valence-corrected chi connectivity index (χ2v) is 5.33. The van der Waals surface area contributed by atoms with Gasteiger partial charge in [-0.1, -0.05) is 44.2 Å². The summed E-state index contributed by atoms with van der Waals surface area (Å²) in [7, 11) is 1.18. The minimum Gasteiger partial charge on any atom is -0.467 e. The molecule has 0 bridgehead atoms. The van der Waals surface area contributed by atoms with E-state index >= 15 is 0 Å². The number of carbonyl (C=O) groups excluding carboxylic acids is 1. The van der Waals surface area contributed by atoms with Gasteiger partial charge in [0, 0.05) is 0 Å². The van der Waals surface area contributed by atoms with Crippen LogP contribution >= 0.6 is 0 Å². The third kappa shape index (κ3) is 4.74. The van der Waals surface area contributed by atoms with Gasteiger partial charge in [-0.25, -0.2) is 4.79 Å². The lowest BCUT2D eigenvalue weighted by molar-refractivity contribution is -0.155. The summed E-state index contributed by atoms with van der Waals surface area (Å²) in [6.45, 7) is 2.43. The van der Waals surface area contributed by atoms with Gasteiger partial charge in [-0.3, -0.25) is 5.32 Å². The van der Waals surface area contributed by atoms with Crippen LogP contribution in [0.15, 0.2) is 30.3 Å². The summed E-state index contributed by atoms with van der Waals surface area (Å²) in [5, 5.41) is 2.37. The second kappa shape index (κ2) is 6.93. The number of alkyl halides is 3. The van der Waals surface area contributed by atoms with Gasteiger partial charge >= 0.3 is 12.1 Å². The Morgan fingerprint density at radius 1 is 1.24 bits per heavy atom. The van der Waals surface area contributed by atoms with E-state index in [-0.39, 0.29) is 12.3 Å². The molecule has 1 atom stereocenters. The van der Waals surface area contributed by atoms with Crippen molar-refractivity contribution in [3.05, 3.63) is 35.9 Å². The Kier molecular flexibility index (Phi) is 5.78. The van der Waals surface area contributed by atoms with Crippen molar-refractivity contribution in [3.63, 3.8) is 0 Å². The Morgan fingerprint density at radius 2 is 1.81 bits per heavy atom. The molecule has 0 saturated heterocycles. The lowest BCUT2D eigenvalue weighted by Crippen LogP contribution is -2.53. The molecule has 1 rings (SSSR count). The number of ether oxygens (including phenoxy) is 1. The van der Waals surface area contributed by atoms with E-state index in [1.165, 1.54) is 7.11 Å². The molecule has 1 aromatic rings. The summed E-state index contributed by atoms with van der Waals surface area (Å²) in [5.74, 6) is -0.711. The largest absolute Gasteiger partial charge is 0.467 e. The van der Waals surface area contributed by atoms with Crippen molar-refractivity contribution in [2.45, 2.75) is 32.0 Å². The summed E-state index contributed by atoms with van der Waals surface area (Å²) >= 11 is 0. The van der Waals surface area contributed by atoms with E-state index < -0.39 is 24.2 Å². The molecular formula is C15H20F3NO2. The molecule has 0 aliphatic carbocycles. The van der Waals surface area contributed by atoms with E-state index in [4.69, 9.17) is 4.74 Å². The Labute approximate surface area is 122 Å². The van der Waals surface area contributed by atoms with Gasteiger partial charge in [0.2, 0.25) is 0 Å². The lowest BCUT2D eigenvalue weighted by atomic mass is 9.82. The summed E-state index contributed by atoms with van der Waals surface area (Å²) < 4.78 is 42.5. The number of nitrogens with one attached hydrogen (secondary N) is 1. The van der Waals surface area contributed by atoms with Crippen molar-refractivity contribution in [2.75, 3.05) is 13.7 Å². The highest BCUT2D eigenvalue weighted by atomic mass is 19.4. The summed E-state index contributed by atoms with van der Waals surface area (Å²) in [6.07, 6.45) is -4.20. The van der Waals surface area contributed by atoms with Gasteiger partial charge in [0.25, 0.3) is 0 Å². The van der Waals surface area contributed by atoms with Crippen molar-refractivity contribution in [1.82, 2.24) is 5.32 Å². The van der Waals surface area contributed by atoms with Crippen LogP contribution < -0.4 is 5.32 Å². The van der Waals surface area contributed by atoms with Crippen molar-refractivity contribution < 1.29 is 22.7 Å². The molecule has 6 heteroatoms. The van der Waals surface area contributed by atoms with Crippen molar-refractivity contribution in [1.29, 1.82) is 0 Å². The zero-order chi connectivity index (χ0) is 16.1. The highest BCUT2D eigenvalue weighted by Crippen LogP contribution is 2.31. The number of rotatable bonds is 6. The predicted octanol–water partition coefficient (Wildman–Crippen LogP) is 3.25. The number of hydrogen-bond acceptors (Lipinski definition) is 3. The Morgan fingerprint density at radius 3 is 2.24 bits per heavy atom. The van der Waals surface area contributed by atoms with Crippen LogP contribution in [-0.2, 0) is 15.1 Å². The van der Waals surface area contributed by atoms with E-state index in [0.29, 0.717) is 5.56 Å². The number of benzene rings is 1. The van der Waals surface area contributed by atoms with Crippen molar-refractivity contribution in [3.8, 4) is 0 Å². The van der Waals surface area contributed by atoms with Crippen molar-refractivity contribution >= 4 is 5.97 Å². The third-order valence-electron chi connectivity index (χ3n) is 3.11. The molecule has 0 aromatic heterocycles. The average molecular weight is 303 g/mol. The first-order valence-electron chi connectivity index (χ1n) is 6.67. The zero-order valence-corrected chi connectivity index (χ0v) is 12.3. The van der Waals surface area contributed by atoms with Crippen LogP contribution in [0.1, 0.15) is 25.8 Å². The van der Waals surface area contributed by atoms with E-state index in [9.17, 15) is 18.0 Å². The van der Waals surface area contributed by atoms with E-state index in [1.54, 1.807) is 30.3 Å². The molecule has 0 radical (unpaired) electrons. The van der Waals surface area contributed by atoms with Gasteiger partial charge in [0.1, 0.15) is 5.54 Å². The van der Waals surface area contributed by atoms with E-state index in [0.717, 1.165) is 0 Å². The molecule has 0 saturated carbocycles. The maximum absolute atomic E-state index is 12.6. The average Bonchev–Trinajstić information content (AvgIpc) is 2.42. The molecule has 0 heterocycles. The molecule has 1 N–H and O–H groups in total. The molecule has 1 unspecified atom stereocenters. The van der Waals surface area contributed by atoms with Crippen LogP contribution in [-0.4, -0.2) is 25.8 Å². The van der Waals surface area contributed by atoms with Crippen LogP contribution in [0.25, 0.3) is 0 Å². The molecular weight excluding hydrogens is 283 g/mol. The van der Waals surface area contributed by atoms with Gasteiger partial charge in [-0.2, -0.15) is 13.2 Å². The fourth-order valence-electron chi connectivity index (χ4n) is 2.33. The van der Waals surface area contributed by atoms with Crippen LogP contribution in [0.3, 0.4) is 0 Å². The quantitative estimate of drug-likeness (QED) is 0.820. The fraction of sp³-hybridized carbons (Fsp3) is 0.533. The molecule has 118 valence electrons. The summed E-state index contributed by atoms with van der Waals surface area (Å²) in [5.41, 5.74) is -1.03. The predicted molar refractivity (Wildman–Crippen MR) is 73.6 cm³/mol. The van der Waals surface area contributed by atoms with Gasteiger partial charge in [-0.15, -0.1) is 0 Å². The van der Waals surface area contributed by atoms with E-state index in [1.807, 2.05) is 13.8 Å². The highest BCUT2D eigenvalue weighted by Gasteiger charge is 2.44. The lowest BCUT2D eigenvalue weighted by Gasteiger charge is -2.34. The van der Waals surface area contributed by atoms with Gasteiger partial charge in [0.05, 0.1) is 13.7 Å². The Balaban J connectivity index is 3.25. The number of carbonyl (C=O) groups is 1. The topological polar surface area (TPSA) is 38.3 Å². The molecule has 0 spiro atoms. The molecule has 0 aliphatic rings. The van der Waals surface area contributed by atoms with Gasteiger partial charge in [0.15, 0.2) is 0 Å². The SMILES string of the molecule is COC(=O)C(CC(C)C)(NCC(F)(F)F)c1ccccc1. The Bertz CT molecular complexity index is 460. The first-order chi connectivity index (χ1) is 9.71.